The van der Waals surface area contributed by atoms with Gasteiger partial charge in [-0.1, -0.05) is 24.3 Å². The van der Waals surface area contributed by atoms with Crippen molar-refractivity contribution in [3.63, 3.8) is 0 Å². The standard InChI is InChI=1S/C20H31N5O2/c1-17-22-9-10-25(17)16-19-7-4-6-18(14-19)15-24-20(21-2)23-8-5-11-27-13-12-26-3/h4,6-7,9-10,14H,5,8,11-13,15-16H2,1-3H3,(H2,21,23,24). The molecule has 2 N–H and O–H groups in total. The number of benzene rings is 1. The highest BCUT2D eigenvalue weighted by Crippen LogP contribution is 2.08. The van der Waals surface area contributed by atoms with Crippen LogP contribution in [0.3, 0.4) is 0 Å². The number of guanidine groups is 1. The first-order chi connectivity index (χ1) is 13.2. The van der Waals surface area contributed by atoms with E-state index in [4.69, 9.17) is 9.47 Å². The Hall–Kier alpha value is -2.38. The van der Waals surface area contributed by atoms with Crippen LogP contribution in [0.25, 0.3) is 0 Å². The minimum atomic E-state index is 0.635. The number of nitrogens with zero attached hydrogens (tertiary/aromatic N) is 3. The Balaban J connectivity index is 1.72. The van der Waals surface area contributed by atoms with Crippen LogP contribution in [0.15, 0.2) is 41.7 Å². The fraction of sp³-hybridized carbons (Fsp3) is 0.500. The predicted molar refractivity (Wildman–Crippen MR) is 108 cm³/mol. The van der Waals surface area contributed by atoms with Gasteiger partial charge in [-0.15, -0.1) is 0 Å². The number of nitrogens with one attached hydrogen (secondary N) is 2. The SMILES string of the molecule is CN=C(NCCCOCCOC)NCc1cccc(Cn2ccnc2C)c1. The summed E-state index contributed by atoms with van der Waals surface area (Å²) in [4.78, 5) is 8.54. The molecule has 7 heteroatoms. The Morgan fingerprint density at radius 1 is 1.19 bits per heavy atom. The van der Waals surface area contributed by atoms with Crippen molar-refractivity contribution in [1.29, 1.82) is 0 Å². The third-order valence-electron chi connectivity index (χ3n) is 4.14. The van der Waals surface area contributed by atoms with Crippen molar-refractivity contribution < 1.29 is 9.47 Å². The number of ether oxygens (including phenoxy) is 2. The molecule has 0 bridgehead atoms. The number of hydrogen-bond donors (Lipinski definition) is 2. The number of imidazole rings is 1. The van der Waals surface area contributed by atoms with Crippen molar-refractivity contribution in [3.05, 3.63) is 53.6 Å². The topological polar surface area (TPSA) is 72.7 Å². The van der Waals surface area contributed by atoms with E-state index in [0.29, 0.717) is 19.8 Å². The molecule has 0 aliphatic heterocycles. The first-order valence-electron chi connectivity index (χ1n) is 9.29. The molecule has 0 atom stereocenters. The monoisotopic (exact) mass is 373 g/mol. The zero-order valence-electron chi connectivity index (χ0n) is 16.6. The zero-order chi connectivity index (χ0) is 19.3. The number of methoxy groups -OCH3 is 1. The molecule has 0 amide bonds. The van der Waals surface area contributed by atoms with Crippen molar-refractivity contribution in [1.82, 2.24) is 20.2 Å². The average Bonchev–Trinajstić information content (AvgIpc) is 3.08. The van der Waals surface area contributed by atoms with Crippen molar-refractivity contribution >= 4 is 5.96 Å². The Morgan fingerprint density at radius 2 is 2.04 bits per heavy atom. The van der Waals surface area contributed by atoms with Gasteiger partial charge in [-0.3, -0.25) is 4.99 Å². The average molecular weight is 374 g/mol. The molecule has 0 aliphatic rings. The number of rotatable bonds is 11. The molecule has 2 rings (SSSR count). The second-order valence-corrected chi connectivity index (χ2v) is 6.23. The van der Waals surface area contributed by atoms with E-state index in [0.717, 1.165) is 37.8 Å². The summed E-state index contributed by atoms with van der Waals surface area (Å²) >= 11 is 0. The number of hydrogen-bond acceptors (Lipinski definition) is 4. The Labute approximate surface area is 161 Å². The quantitative estimate of drug-likeness (QED) is 0.358. The van der Waals surface area contributed by atoms with E-state index in [2.05, 4.69) is 49.4 Å². The molecule has 0 saturated heterocycles. The predicted octanol–water partition coefficient (Wildman–Crippen LogP) is 1.96. The maximum absolute atomic E-state index is 5.45. The van der Waals surface area contributed by atoms with Gasteiger partial charge >= 0.3 is 0 Å². The highest BCUT2D eigenvalue weighted by Gasteiger charge is 2.02. The van der Waals surface area contributed by atoms with E-state index in [9.17, 15) is 0 Å². The van der Waals surface area contributed by atoms with Gasteiger partial charge in [-0.2, -0.15) is 0 Å². The Kier molecular flexibility index (Phi) is 9.37. The summed E-state index contributed by atoms with van der Waals surface area (Å²) in [5.74, 6) is 1.82. The summed E-state index contributed by atoms with van der Waals surface area (Å²) < 4.78 is 12.5. The van der Waals surface area contributed by atoms with E-state index >= 15 is 0 Å². The van der Waals surface area contributed by atoms with Gasteiger partial charge in [-0.05, 0) is 24.5 Å². The Bertz CT molecular complexity index is 699. The molecule has 1 heterocycles. The second-order valence-electron chi connectivity index (χ2n) is 6.23. The molecule has 0 aliphatic carbocycles. The van der Waals surface area contributed by atoms with Crippen LogP contribution in [-0.2, 0) is 22.6 Å². The third kappa shape index (κ3) is 7.80. The van der Waals surface area contributed by atoms with Crippen molar-refractivity contribution in [3.8, 4) is 0 Å². The molecule has 0 spiro atoms. The van der Waals surface area contributed by atoms with Gasteiger partial charge in [0.05, 0.1) is 13.2 Å². The highest BCUT2D eigenvalue weighted by molar-refractivity contribution is 5.79. The summed E-state index contributed by atoms with van der Waals surface area (Å²) in [6.07, 6.45) is 4.76. The van der Waals surface area contributed by atoms with E-state index in [-0.39, 0.29) is 0 Å². The molecule has 1 aromatic heterocycles. The van der Waals surface area contributed by atoms with Crippen LogP contribution < -0.4 is 10.6 Å². The van der Waals surface area contributed by atoms with E-state index in [1.54, 1.807) is 14.2 Å². The number of aliphatic imine (C=N–C) groups is 1. The number of aryl methyl sites for hydroxylation is 1. The summed E-state index contributed by atoms with van der Waals surface area (Å²) in [6.45, 7) is 6.37. The molecule has 148 valence electrons. The minimum Gasteiger partial charge on any atom is -0.382 e. The van der Waals surface area contributed by atoms with Crippen LogP contribution >= 0.6 is 0 Å². The summed E-state index contributed by atoms with van der Waals surface area (Å²) in [7, 11) is 3.46. The van der Waals surface area contributed by atoms with Gasteiger partial charge in [0.15, 0.2) is 5.96 Å². The van der Waals surface area contributed by atoms with E-state index < -0.39 is 0 Å². The largest absolute Gasteiger partial charge is 0.382 e. The van der Waals surface area contributed by atoms with Crippen LogP contribution in [0.2, 0.25) is 0 Å². The number of aromatic nitrogens is 2. The van der Waals surface area contributed by atoms with E-state index in [1.807, 2.05) is 19.3 Å². The van der Waals surface area contributed by atoms with Crippen LogP contribution in [0, 0.1) is 6.92 Å². The molecule has 2 aromatic rings. The lowest BCUT2D eigenvalue weighted by Gasteiger charge is -2.13. The Morgan fingerprint density at radius 3 is 2.78 bits per heavy atom. The lowest BCUT2D eigenvalue weighted by molar-refractivity contribution is 0.0698. The molecule has 0 fully saturated rings. The molecule has 27 heavy (non-hydrogen) atoms. The maximum Gasteiger partial charge on any atom is 0.191 e. The van der Waals surface area contributed by atoms with Crippen LogP contribution in [-0.4, -0.2) is 56.0 Å². The fourth-order valence-corrected chi connectivity index (χ4v) is 2.64. The fourth-order valence-electron chi connectivity index (χ4n) is 2.64. The smallest absolute Gasteiger partial charge is 0.191 e. The molecule has 7 nitrogen and oxygen atoms in total. The maximum atomic E-state index is 5.45. The first-order valence-corrected chi connectivity index (χ1v) is 9.29. The molecule has 0 unspecified atom stereocenters. The molecule has 0 radical (unpaired) electrons. The van der Waals surface area contributed by atoms with E-state index in [1.165, 1.54) is 11.1 Å². The lowest BCUT2D eigenvalue weighted by Crippen LogP contribution is -2.37. The van der Waals surface area contributed by atoms with Gasteiger partial charge in [0.1, 0.15) is 5.82 Å². The van der Waals surface area contributed by atoms with Crippen molar-refractivity contribution in [2.45, 2.75) is 26.4 Å². The van der Waals surface area contributed by atoms with Crippen LogP contribution in [0.1, 0.15) is 23.4 Å². The van der Waals surface area contributed by atoms with Crippen LogP contribution in [0.5, 0.6) is 0 Å². The normalized spacial score (nSPS) is 11.6. The second kappa shape index (κ2) is 12.1. The van der Waals surface area contributed by atoms with Gasteiger partial charge < -0.3 is 24.7 Å². The third-order valence-corrected chi connectivity index (χ3v) is 4.14. The summed E-state index contributed by atoms with van der Waals surface area (Å²) in [5.41, 5.74) is 2.47. The summed E-state index contributed by atoms with van der Waals surface area (Å²) in [6, 6.07) is 8.56. The first kappa shape index (κ1) is 20.9. The van der Waals surface area contributed by atoms with Crippen LogP contribution in [0.4, 0.5) is 0 Å². The lowest BCUT2D eigenvalue weighted by atomic mass is 10.1. The highest BCUT2D eigenvalue weighted by atomic mass is 16.5. The molecular weight excluding hydrogens is 342 g/mol. The molecule has 0 saturated carbocycles. The summed E-state index contributed by atoms with van der Waals surface area (Å²) in [5, 5.41) is 6.66. The van der Waals surface area contributed by atoms with Gasteiger partial charge in [0.2, 0.25) is 0 Å². The zero-order valence-corrected chi connectivity index (χ0v) is 16.6. The van der Waals surface area contributed by atoms with Crippen molar-refractivity contribution in [2.75, 3.05) is 40.5 Å². The minimum absolute atomic E-state index is 0.635. The van der Waals surface area contributed by atoms with Gasteiger partial charge in [0.25, 0.3) is 0 Å². The van der Waals surface area contributed by atoms with Gasteiger partial charge in [-0.25, -0.2) is 4.98 Å². The van der Waals surface area contributed by atoms with Crippen molar-refractivity contribution in [2.24, 2.45) is 4.99 Å². The van der Waals surface area contributed by atoms with Gasteiger partial charge in [0, 0.05) is 52.8 Å². The molecule has 1 aromatic carbocycles. The molecular formula is C20H31N5O2.